The Balaban J connectivity index is 2.17. The van der Waals surface area contributed by atoms with Gasteiger partial charge in [-0.25, -0.2) is 0 Å². The molecule has 1 aromatic carbocycles. The first-order valence-corrected chi connectivity index (χ1v) is 6.85. The molecule has 88 valence electrons. The maximum Gasteiger partial charge on any atom is 0.219 e. The highest BCUT2D eigenvalue weighted by Crippen LogP contribution is 2.20. The molecule has 0 unspecified atom stereocenters. The van der Waals surface area contributed by atoms with Crippen LogP contribution in [0, 0.1) is 0 Å². The largest absolute Gasteiger partial charge is 0.355 e. The summed E-state index contributed by atoms with van der Waals surface area (Å²) in [6.07, 6.45) is 0.551. The van der Waals surface area contributed by atoms with Crippen molar-refractivity contribution in [3.05, 3.63) is 34.9 Å². The van der Waals surface area contributed by atoms with Crippen molar-refractivity contribution in [1.29, 1.82) is 0 Å². The van der Waals surface area contributed by atoms with Gasteiger partial charge in [-0.05, 0) is 11.6 Å². The molecular weight excluding hydrogens is 242 g/mol. The summed E-state index contributed by atoms with van der Waals surface area (Å²) in [5.74, 6) is 1.91. The Morgan fingerprint density at radius 1 is 1.44 bits per heavy atom. The van der Waals surface area contributed by atoms with E-state index < -0.39 is 0 Å². The highest BCUT2D eigenvalue weighted by Gasteiger charge is 1.99. The van der Waals surface area contributed by atoms with Crippen LogP contribution >= 0.6 is 23.4 Å². The fourth-order valence-electron chi connectivity index (χ4n) is 1.19. The number of halogens is 1. The van der Waals surface area contributed by atoms with Crippen LogP contribution in [-0.2, 0) is 10.5 Å². The summed E-state index contributed by atoms with van der Waals surface area (Å²) >= 11 is 7.80. The van der Waals surface area contributed by atoms with Gasteiger partial charge in [-0.2, -0.15) is 11.8 Å². The first-order chi connectivity index (χ1) is 7.74. The lowest BCUT2D eigenvalue weighted by molar-refractivity contribution is -0.120. The van der Waals surface area contributed by atoms with E-state index in [4.69, 9.17) is 11.6 Å². The molecule has 0 atom stereocenters. The number of carbonyl (C=O) groups is 1. The molecule has 0 bridgehead atoms. The van der Waals surface area contributed by atoms with Crippen LogP contribution in [0.15, 0.2) is 24.3 Å². The molecular formula is C12H16ClNOS. The second-order valence-corrected chi connectivity index (χ2v) is 4.86. The smallest absolute Gasteiger partial charge is 0.219 e. The molecule has 2 nitrogen and oxygen atoms in total. The summed E-state index contributed by atoms with van der Waals surface area (Å²) in [4.78, 5) is 11.0. The number of amides is 1. The minimum atomic E-state index is 0.110. The molecule has 1 aromatic rings. The first-order valence-electron chi connectivity index (χ1n) is 5.32. The fourth-order valence-corrected chi connectivity index (χ4v) is 2.33. The number of thioether (sulfide) groups is 1. The number of hydrogen-bond acceptors (Lipinski definition) is 2. The maximum atomic E-state index is 11.0. The molecule has 0 saturated carbocycles. The Morgan fingerprint density at radius 2 is 2.19 bits per heavy atom. The molecule has 0 aliphatic rings. The topological polar surface area (TPSA) is 29.1 Å². The van der Waals surface area contributed by atoms with Gasteiger partial charge in [0.05, 0.1) is 0 Å². The van der Waals surface area contributed by atoms with Crippen molar-refractivity contribution in [1.82, 2.24) is 5.32 Å². The van der Waals surface area contributed by atoms with E-state index in [0.29, 0.717) is 6.42 Å². The van der Waals surface area contributed by atoms with E-state index in [9.17, 15) is 4.79 Å². The molecule has 16 heavy (non-hydrogen) atoms. The molecule has 0 spiro atoms. The fraction of sp³-hybridized carbons (Fsp3) is 0.417. The monoisotopic (exact) mass is 257 g/mol. The molecule has 4 heteroatoms. The van der Waals surface area contributed by atoms with Gasteiger partial charge in [-0.15, -0.1) is 0 Å². The molecule has 0 saturated heterocycles. The van der Waals surface area contributed by atoms with E-state index in [1.807, 2.05) is 31.2 Å². The van der Waals surface area contributed by atoms with E-state index in [1.165, 1.54) is 0 Å². The van der Waals surface area contributed by atoms with Crippen LogP contribution < -0.4 is 5.32 Å². The number of nitrogens with one attached hydrogen (secondary N) is 1. The SMILES string of the molecule is CCC(=O)NCCSCc1ccccc1Cl. The Bertz CT molecular complexity index is 344. The quantitative estimate of drug-likeness (QED) is 0.794. The molecule has 0 heterocycles. The minimum absolute atomic E-state index is 0.110. The van der Waals surface area contributed by atoms with Gasteiger partial charge in [0, 0.05) is 29.5 Å². The third-order valence-electron chi connectivity index (χ3n) is 2.11. The summed E-state index contributed by atoms with van der Waals surface area (Å²) in [6, 6.07) is 7.84. The second kappa shape index (κ2) is 7.58. The molecule has 0 aliphatic carbocycles. The zero-order chi connectivity index (χ0) is 11.8. The van der Waals surface area contributed by atoms with E-state index in [-0.39, 0.29) is 5.91 Å². The van der Waals surface area contributed by atoms with Crippen molar-refractivity contribution in [2.45, 2.75) is 19.1 Å². The lowest BCUT2D eigenvalue weighted by Crippen LogP contribution is -2.24. The van der Waals surface area contributed by atoms with E-state index in [0.717, 1.165) is 28.6 Å². The average molecular weight is 258 g/mol. The molecule has 1 N–H and O–H groups in total. The molecule has 1 amide bonds. The van der Waals surface area contributed by atoms with Gasteiger partial charge < -0.3 is 5.32 Å². The number of rotatable bonds is 6. The lowest BCUT2D eigenvalue weighted by Gasteiger charge is -2.05. The average Bonchev–Trinajstić information content (AvgIpc) is 2.30. The Hall–Kier alpha value is -0.670. The number of benzene rings is 1. The van der Waals surface area contributed by atoms with Gasteiger partial charge in [0.1, 0.15) is 0 Å². The third-order valence-corrected chi connectivity index (χ3v) is 3.48. The van der Waals surface area contributed by atoms with E-state index >= 15 is 0 Å². The second-order valence-electron chi connectivity index (χ2n) is 3.35. The highest BCUT2D eigenvalue weighted by atomic mass is 35.5. The predicted octanol–water partition coefficient (Wildman–Crippen LogP) is 3.10. The summed E-state index contributed by atoms with van der Waals surface area (Å²) in [5.41, 5.74) is 1.15. The van der Waals surface area contributed by atoms with Crippen molar-refractivity contribution >= 4 is 29.3 Å². The molecule has 0 fully saturated rings. The van der Waals surface area contributed by atoms with Crippen LogP contribution in [0.1, 0.15) is 18.9 Å². The van der Waals surface area contributed by atoms with Gasteiger partial charge in [0.15, 0.2) is 0 Å². The molecule has 1 rings (SSSR count). The zero-order valence-electron chi connectivity index (χ0n) is 9.33. The molecule has 0 radical (unpaired) electrons. The van der Waals surface area contributed by atoms with Gasteiger partial charge in [-0.1, -0.05) is 36.7 Å². The van der Waals surface area contributed by atoms with Crippen LogP contribution in [0.5, 0.6) is 0 Å². The standard InChI is InChI=1S/C12H16ClNOS/c1-2-12(15)14-7-8-16-9-10-5-3-4-6-11(10)13/h3-6H,2,7-9H2,1H3,(H,14,15). The van der Waals surface area contributed by atoms with E-state index in [1.54, 1.807) is 11.8 Å². The minimum Gasteiger partial charge on any atom is -0.355 e. The van der Waals surface area contributed by atoms with Crippen molar-refractivity contribution in [2.24, 2.45) is 0 Å². The summed E-state index contributed by atoms with van der Waals surface area (Å²) in [7, 11) is 0. The predicted molar refractivity (Wildman–Crippen MR) is 70.9 cm³/mol. The Labute approximate surface area is 106 Å². The van der Waals surface area contributed by atoms with E-state index in [2.05, 4.69) is 5.32 Å². The first kappa shape index (κ1) is 13.4. The van der Waals surface area contributed by atoms with Crippen LogP contribution in [0.3, 0.4) is 0 Å². The Kier molecular flexibility index (Phi) is 6.34. The third kappa shape index (κ3) is 4.90. The van der Waals surface area contributed by atoms with Crippen LogP contribution in [0.4, 0.5) is 0 Å². The van der Waals surface area contributed by atoms with Crippen LogP contribution in [0.25, 0.3) is 0 Å². The van der Waals surface area contributed by atoms with Crippen molar-refractivity contribution < 1.29 is 4.79 Å². The normalized spacial score (nSPS) is 10.1. The van der Waals surface area contributed by atoms with Crippen molar-refractivity contribution in [3.8, 4) is 0 Å². The molecule has 0 aliphatic heterocycles. The Morgan fingerprint density at radius 3 is 2.88 bits per heavy atom. The van der Waals surface area contributed by atoms with Gasteiger partial charge in [0.25, 0.3) is 0 Å². The van der Waals surface area contributed by atoms with Crippen molar-refractivity contribution in [2.75, 3.05) is 12.3 Å². The lowest BCUT2D eigenvalue weighted by atomic mass is 10.2. The summed E-state index contributed by atoms with van der Waals surface area (Å²) in [6.45, 7) is 2.58. The highest BCUT2D eigenvalue weighted by molar-refractivity contribution is 7.98. The summed E-state index contributed by atoms with van der Waals surface area (Å²) < 4.78 is 0. The van der Waals surface area contributed by atoms with Crippen molar-refractivity contribution in [3.63, 3.8) is 0 Å². The number of carbonyl (C=O) groups excluding carboxylic acids is 1. The molecule has 0 aromatic heterocycles. The maximum absolute atomic E-state index is 11.0. The van der Waals surface area contributed by atoms with Crippen LogP contribution in [-0.4, -0.2) is 18.2 Å². The summed E-state index contributed by atoms with van der Waals surface area (Å²) in [5, 5.41) is 3.65. The van der Waals surface area contributed by atoms with Crippen LogP contribution in [0.2, 0.25) is 5.02 Å². The van der Waals surface area contributed by atoms with Gasteiger partial charge >= 0.3 is 0 Å². The van der Waals surface area contributed by atoms with Gasteiger partial charge in [-0.3, -0.25) is 4.79 Å². The number of hydrogen-bond donors (Lipinski definition) is 1. The van der Waals surface area contributed by atoms with Gasteiger partial charge in [0.2, 0.25) is 5.91 Å². The zero-order valence-corrected chi connectivity index (χ0v) is 10.9.